The number of rotatable bonds is 4. The molecule has 1 spiro atoms. The van der Waals surface area contributed by atoms with Gasteiger partial charge in [0.1, 0.15) is 17.9 Å². The molecule has 2 aliphatic rings. The van der Waals surface area contributed by atoms with Gasteiger partial charge in [0.2, 0.25) is 0 Å². The third kappa shape index (κ3) is 3.03. The van der Waals surface area contributed by atoms with Gasteiger partial charge in [-0.25, -0.2) is 4.79 Å². The van der Waals surface area contributed by atoms with Crippen molar-refractivity contribution in [2.24, 2.45) is 0 Å². The van der Waals surface area contributed by atoms with Gasteiger partial charge >= 0.3 is 6.03 Å². The van der Waals surface area contributed by atoms with E-state index in [0.29, 0.717) is 23.6 Å². The van der Waals surface area contributed by atoms with E-state index in [2.05, 4.69) is 11.4 Å². The summed E-state index contributed by atoms with van der Waals surface area (Å²) in [5, 5.41) is 3.51. The van der Waals surface area contributed by atoms with E-state index in [9.17, 15) is 9.59 Å². The Morgan fingerprint density at radius 1 is 1.12 bits per heavy atom. The van der Waals surface area contributed by atoms with Crippen LogP contribution in [-0.2, 0) is 17.6 Å². The van der Waals surface area contributed by atoms with Gasteiger partial charge in [-0.05, 0) is 42.2 Å². The van der Waals surface area contributed by atoms with Crippen molar-refractivity contribution in [1.29, 1.82) is 0 Å². The first-order chi connectivity index (χ1) is 12.6. The molecule has 0 saturated carbocycles. The highest BCUT2D eigenvalue weighted by Crippen LogP contribution is 2.33. The lowest BCUT2D eigenvalue weighted by Gasteiger charge is -2.32. The highest BCUT2D eigenvalue weighted by Gasteiger charge is 2.52. The summed E-state index contributed by atoms with van der Waals surface area (Å²) in [4.78, 5) is 26.6. The molecule has 0 radical (unpaired) electrons. The Bertz CT molecular complexity index is 870. The van der Waals surface area contributed by atoms with Crippen molar-refractivity contribution in [3.8, 4) is 5.75 Å². The Morgan fingerprint density at radius 2 is 1.92 bits per heavy atom. The molecular weight excluding hydrogens is 352 g/mol. The van der Waals surface area contributed by atoms with E-state index in [-0.39, 0.29) is 25.1 Å². The molecule has 0 unspecified atom stereocenters. The van der Waals surface area contributed by atoms with Gasteiger partial charge < -0.3 is 10.1 Å². The number of urea groups is 1. The summed E-state index contributed by atoms with van der Waals surface area (Å²) in [6.45, 7) is 0.437. The topological polar surface area (TPSA) is 58.6 Å². The number of hydrogen-bond acceptors (Lipinski definition) is 3. The molecule has 1 aliphatic carbocycles. The maximum absolute atomic E-state index is 13.0. The van der Waals surface area contributed by atoms with Crippen LogP contribution in [-0.4, -0.2) is 35.5 Å². The number of nitrogens with zero attached hydrogens (tertiary/aromatic N) is 1. The summed E-state index contributed by atoms with van der Waals surface area (Å²) in [7, 11) is 0. The smallest absolute Gasteiger partial charge is 0.325 e. The summed E-state index contributed by atoms with van der Waals surface area (Å²) < 4.78 is 5.62. The van der Waals surface area contributed by atoms with Gasteiger partial charge in [0.25, 0.3) is 5.91 Å². The zero-order valence-electron chi connectivity index (χ0n) is 14.2. The van der Waals surface area contributed by atoms with E-state index in [1.165, 1.54) is 10.5 Å². The quantitative estimate of drug-likeness (QED) is 0.841. The van der Waals surface area contributed by atoms with E-state index in [4.69, 9.17) is 16.3 Å². The molecule has 134 valence electrons. The van der Waals surface area contributed by atoms with Crippen LogP contribution in [0.5, 0.6) is 5.75 Å². The van der Waals surface area contributed by atoms with Crippen LogP contribution in [0.2, 0.25) is 5.02 Å². The standard InChI is InChI=1S/C20H19ClN2O3/c21-16-6-3-7-17(12-16)26-11-10-23-18(24)20(22-19(23)25)9-8-14-4-1-2-5-15(14)13-20/h1-7,12H,8-11,13H2,(H,22,25)/t20-/m1/s1. The average molecular weight is 371 g/mol. The third-order valence-electron chi connectivity index (χ3n) is 5.06. The summed E-state index contributed by atoms with van der Waals surface area (Å²) in [6, 6.07) is 14.8. The third-order valence-corrected chi connectivity index (χ3v) is 5.29. The van der Waals surface area contributed by atoms with Crippen molar-refractivity contribution in [2.75, 3.05) is 13.2 Å². The second kappa shape index (κ2) is 6.65. The predicted molar refractivity (Wildman–Crippen MR) is 98.4 cm³/mol. The Morgan fingerprint density at radius 3 is 2.73 bits per heavy atom. The zero-order valence-corrected chi connectivity index (χ0v) is 15.0. The molecule has 5 nitrogen and oxygen atoms in total. The molecule has 0 aromatic heterocycles. The number of carbonyl (C=O) groups excluding carboxylic acids is 2. The maximum Gasteiger partial charge on any atom is 0.325 e. The normalized spacial score (nSPS) is 21.7. The van der Waals surface area contributed by atoms with Gasteiger partial charge in [-0.2, -0.15) is 0 Å². The minimum Gasteiger partial charge on any atom is -0.492 e. The Hall–Kier alpha value is -2.53. The van der Waals surface area contributed by atoms with Crippen molar-refractivity contribution in [1.82, 2.24) is 10.2 Å². The molecule has 1 N–H and O–H groups in total. The second-order valence-electron chi connectivity index (χ2n) is 6.72. The number of ether oxygens (including phenoxy) is 1. The van der Waals surface area contributed by atoms with E-state index in [0.717, 1.165) is 12.0 Å². The van der Waals surface area contributed by atoms with Crippen molar-refractivity contribution >= 4 is 23.5 Å². The van der Waals surface area contributed by atoms with Crippen LogP contribution in [0.1, 0.15) is 17.5 Å². The van der Waals surface area contributed by atoms with Gasteiger partial charge in [-0.15, -0.1) is 0 Å². The zero-order chi connectivity index (χ0) is 18.1. The molecule has 1 saturated heterocycles. The van der Waals surface area contributed by atoms with Crippen LogP contribution < -0.4 is 10.1 Å². The van der Waals surface area contributed by atoms with Crippen LogP contribution in [0.25, 0.3) is 0 Å². The highest BCUT2D eigenvalue weighted by atomic mass is 35.5. The van der Waals surface area contributed by atoms with Crippen LogP contribution >= 0.6 is 11.6 Å². The predicted octanol–water partition coefficient (Wildman–Crippen LogP) is 3.20. The summed E-state index contributed by atoms with van der Waals surface area (Å²) in [6.07, 6.45) is 1.95. The molecule has 4 rings (SSSR count). The first kappa shape index (κ1) is 16.9. The molecule has 26 heavy (non-hydrogen) atoms. The lowest BCUT2D eigenvalue weighted by atomic mass is 9.78. The SMILES string of the molecule is O=C1N[C@@]2(CCc3ccccc3C2)C(=O)N1CCOc1cccc(Cl)c1. The van der Waals surface area contributed by atoms with Crippen LogP contribution in [0.15, 0.2) is 48.5 Å². The summed E-state index contributed by atoms with van der Waals surface area (Å²) in [5.74, 6) is 0.456. The summed E-state index contributed by atoms with van der Waals surface area (Å²) in [5.41, 5.74) is 1.56. The number of carbonyl (C=O) groups is 2. The van der Waals surface area contributed by atoms with E-state index >= 15 is 0 Å². The second-order valence-corrected chi connectivity index (χ2v) is 7.16. The number of fused-ring (bicyclic) bond motifs is 1. The van der Waals surface area contributed by atoms with E-state index in [1.807, 2.05) is 18.2 Å². The number of imide groups is 1. The minimum absolute atomic E-state index is 0.160. The highest BCUT2D eigenvalue weighted by molar-refractivity contribution is 6.30. The van der Waals surface area contributed by atoms with Crippen LogP contribution in [0.4, 0.5) is 4.79 Å². The Kier molecular flexibility index (Phi) is 4.32. The van der Waals surface area contributed by atoms with Crippen LogP contribution in [0, 0.1) is 0 Å². The van der Waals surface area contributed by atoms with E-state index in [1.54, 1.807) is 24.3 Å². The largest absolute Gasteiger partial charge is 0.492 e. The Balaban J connectivity index is 1.43. The first-order valence-corrected chi connectivity index (χ1v) is 9.04. The van der Waals surface area contributed by atoms with E-state index < -0.39 is 5.54 Å². The summed E-state index contributed by atoms with van der Waals surface area (Å²) >= 11 is 5.93. The lowest BCUT2D eigenvalue weighted by Crippen LogP contribution is -2.51. The van der Waals surface area contributed by atoms with Crippen molar-refractivity contribution in [3.63, 3.8) is 0 Å². The van der Waals surface area contributed by atoms with Crippen LogP contribution in [0.3, 0.4) is 0 Å². The maximum atomic E-state index is 13.0. The fourth-order valence-electron chi connectivity index (χ4n) is 3.72. The van der Waals surface area contributed by atoms with Gasteiger partial charge in [0.15, 0.2) is 0 Å². The number of aryl methyl sites for hydroxylation is 1. The molecule has 2 aromatic carbocycles. The molecule has 1 aliphatic heterocycles. The molecule has 1 heterocycles. The van der Waals surface area contributed by atoms with Crippen molar-refractivity contribution in [2.45, 2.75) is 24.8 Å². The fourth-order valence-corrected chi connectivity index (χ4v) is 3.90. The molecule has 1 atom stereocenters. The molecule has 1 fully saturated rings. The molecule has 0 bridgehead atoms. The van der Waals surface area contributed by atoms with Gasteiger partial charge in [0.05, 0.1) is 6.54 Å². The van der Waals surface area contributed by atoms with Gasteiger partial charge in [0, 0.05) is 11.4 Å². The number of nitrogens with one attached hydrogen (secondary N) is 1. The first-order valence-electron chi connectivity index (χ1n) is 8.67. The molecular formula is C20H19ClN2O3. The molecule has 6 heteroatoms. The number of hydrogen-bond donors (Lipinski definition) is 1. The van der Waals surface area contributed by atoms with Crippen molar-refractivity contribution in [3.05, 3.63) is 64.7 Å². The number of benzene rings is 2. The average Bonchev–Trinajstić information content (AvgIpc) is 2.85. The molecule has 2 aromatic rings. The van der Waals surface area contributed by atoms with Crippen molar-refractivity contribution < 1.29 is 14.3 Å². The Labute approximate surface area is 156 Å². The fraction of sp³-hybridized carbons (Fsp3) is 0.300. The van der Waals surface area contributed by atoms with Gasteiger partial charge in [-0.3, -0.25) is 9.69 Å². The lowest BCUT2D eigenvalue weighted by molar-refractivity contribution is -0.132. The monoisotopic (exact) mass is 370 g/mol. The number of halogens is 1. The molecule has 3 amide bonds. The minimum atomic E-state index is -0.818. The van der Waals surface area contributed by atoms with Gasteiger partial charge in [-0.1, -0.05) is 41.9 Å². The number of amides is 3.